The monoisotopic (exact) mass is 242 g/mol. The molecule has 1 aromatic rings. The van der Waals surface area contributed by atoms with E-state index in [1.165, 1.54) is 6.42 Å². The van der Waals surface area contributed by atoms with Gasteiger partial charge >= 0.3 is 5.97 Å². The summed E-state index contributed by atoms with van der Waals surface area (Å²) in [7, 11) is 0. The van der Waals surface area contributed by atoms with E-state index in [-0.39, 0.29) is 11.6 Å². The third-order valence-electron chi connectivity index (χ3n) is 4.27. The predicted molar refractivity (Wildman–Crippen MR) is 70.9 cm³/mol. The van der Waals surface area contributed by atoms with Gasteiger partial charge in [0.2, 0.25) is 0 Å². The van der Waals surface area contributed by atoms with Crippen LogP contribution in [0.25, 0.3) is 5.57 Å². The van der Waals surface area contributed by atoms with Gasteiger partial charge in [0.1, 0.15) is 5.60 Å². The molecule has 1 saturated carbocycles. The Kier molecular flexibility index (Phi) is 2.73. The van der Waals surface area contributed by atoms with E-state index in [2.05, 4.69) is 6.92 Å². The molecule has 0 atom stereocenters. The van der Waals surface area contributed by atoms with Crippen LogP contribution in [0.5, 0.6) is 0 Å². The largest absolute Gasteiger partial charge is 0.451 e. The molecule has 2 nitrogen and oxygen atoms in total. The zero-order valence-corrected chi connectivity index (χ0v) is 10.7. The fraction of sp³-hybridized carbons (Fsp3) is 0.438. The van der Waals surface area contributed by atoms with Crippen molar-refractivity contribution in [2.75, 3.05) is 0 Å². The molecule has 94 valence electrons. The molecule has 0 N–H and O–H groups in total. The number of esters is 1. The molecule has 0 amide bonds. The van der Waals surface area contributed by atoms with Crippen LogP contribution < -0.4 is 0 Å². The van der Waals surface area contributed by atoms with Crippen LogP contribution in [0, 0.1) is 0 Å². The van der Waals surface area contributed by atoms with Gasteiger partial charge in [0.25, 0.3) is 0 Å². The van der Waals surface area contributed by atoms with Crippen LogP contribution >= 0.6 is 0 Å². The van der Waals surface area contributed by atoms with Gasteiger partial charge in [-0.05, 0) is 43.7 Å². The normalized spacial score (nSPS) is 22.4. The lowest BCUT2D eigenvalue weighted by atomic mass is 9.79. The van der Waals surface area contributed by atoms with E-state index in [0.717, 1.165) is 42.4 Å². The third kappa shape index (κ3) is 1.67. The van der Waals surface area contributed by atoms with E-state index < -0.39 is 0 Å². The number of benzene rings is 1. The summed E-state index contributed by atoms with van der Waals surface area (Å²) < 4.78 is 5.76. The molecule has 1 heterocycles. The molecule has 0 radical (unpaired) electrons. The minimum atomic E-state index is -0.291. The summed E-state index contributed by atoms with van der Waals surface area (Å²) in [6, 6.07) is 9.88. The number of rotatable bonds is 1. The van der Waals surface area contributed by atoms with Crippen molar-refractivity contribution in [2.24, 2.45) is 0 Å². The summed E-state index contributed by atoms with van der Waals surface area (Å²) in [5.74, 6) is -0.138. The first-order valence-corrected chi connectivity index (χ1v) is 6.73. The molecule has 1 spiro atoms. The van der Waals surface area contributed by atoms with Crippen molar-refractivity contribution in [3.05, 3.63) is 41.5 Å². The highest BCUT2D eigenvalue weighted by atomic mass is 16.6. The van der Waals surface area contributed by atoms with Crippen LogP contribution in [0.4, 0.5) is 0 Å². The Bertz CT molecular complexity index is 493. The fourth-order valence-electron chi connectivity index (χ4n) is 3.23. The highest BCUT2D eigenvalue weighted by Gasteiger charge is 2.45. The van der Waals surface area contributed by atoms with Crippen LogP contribution in [0.2, 0.25) is 0 Å². The van der Waals surface area contributed by atoms with Gasteiger partial charge in [-0.3, -0.25) is 0 Å². The summed E-state index contributed by atoms with van der Waals surface area (Å²) >= 11 is 0. The lowest BCUT2D eigenvalue weighted by molar-refractivity contribution is -0.147. The molecule has 0 bridgehead atoms. The molecule has 1 aliphatic carbocycles. The highest BCUT2D eigenvalue weighted by Crippen LogP contribution is 2.46. The topological polar surface area (TPSA) is 26.3 Å². The SMILES string of the molecule is CC1=C(c2ccccc2)C(=O)OC12CCCCC2. The molecule has 1 fully saturated rings. The molecule has 3 rings (SSSR count). The van der Waals surface area contributed by atoms with Crippen molar-refractivity contribution in [1.82, 2.24) is 0 Å². The van der Waals surface area contributed by atoms with Crippen LogP contribution in [0.1, 0.15) is 44.6 Å². The van der Waals surface area contributed by atoms with Crippen molar-refractivity contribution in [2.45, 2.75) is 44.6 Å². The number of hydrogen-bond acceptors (Lipinski definition) is 2. The van der Waals surface area contributed by atoms with E-state index in [4.69, 9.17) is 4.74 Å². The maximum Gasteiger partial charge on any atom is 0.339 e. The average Bonchev–Trinajstić information content (AvgIpc) is 2.63. The smallest absolute Gasteiger partial charge is 0.339 e. The lowest BCUT2D eigenvalue weighted by Gasteiger charge is -2.33. The van der Waals surface area contributed by atoms with E-state index in [1.54, 1.807) is 0 Å². The molecular weight excluding hydrogens is 224 g/mol. The minimum Gasteiger partial charge on any atom is -0.451 e. The Morgan fingerprint density at radius 1 is 1.06 bits per heavy atom. The second-order valence-corrected chi connectivity index (χ2v) is 5.31. The Morgan fingerprint density at radius 3 is 2.39 bits per heavy atom. The Labute approximate surface area is 108 Å². The average molecular weight is 242 g/mol. The molecule has 2 aliphatic rings. The third-order valence-corrected chi connectivity index (χ3v) is 4.27. The molecule has 2 heteroatoms. The quantitative estimate of drug-likeness (QED) is 0.701. The second kappa shape index (κ2) is 4.27. The van der Waals surface area contributed by atoms with Crippen molar-refractivity contribution in [3.8, 4) is 0 Å². The van der Waals surface area contributed by atoms with Crippen molar-refractivity contribution in [3.63, 3.8) is 0 Å². The summed E-state index contributed by atoms with van der Waals surface area (Å²) in [6.45, 7) is 2.07. The zero-order chi connectivity index (χ0) is 12.6. The summed E-state index contributed by atoms with van der Waals surface area (Å²) in [6.07, 6.45) is 5.55. The number of carbonyl (C=O) groups is 1. The first-order chi connectivity index (χ1) is 8.73. The van der Waals surface area contributed by atoms with Gasteiger partial charge < -0.3 is 4.74 Å². The second-order valence-electron chi connectivity index (χ2n) is 5.31. The molecule has 18 heavy (non-hydrogen) atoms. The Morgan fingerprint density at radius 2 is 1.72 bits per heavy atom. The highest BCUT2D eigenvalue weighted by molar-refractivity contribution is 6.20. The van der Waals surface area contributed by atoms with Gasteiger partial charge in [-0.15, -0.1) is 0 Å². The lowest BCUT2D eigenvalue weighted by Crippen LogP contribution is -2.33. The standard InChI is InChI=1S/C16H18O2/c1-12-14(13-8-4-2-5-9-13)15(17)18-16(12)10-6-3-7-11-16/h2,4-5,8-9H,3,6-7,10-11H2,1H3. The summed E-state index contributed by atoms with van der Waals surface area (Å²) in [5.41, 5.74) is 2.62. The van der Waals surface area contributed by atoms with Crippen molar-refractivity contribution >= 4 is 11.5 Å². The van der Waals surface area contributed by atoms with Crippen LogP contribution in [-0.4, -0.2) is 11.6 Å². The molecule has 1 aromatic carbocycles. The van der Waals surface area contributed by atoms with Crippen molar-refractivity contribution in [1.29, 1.82) is 0 Å². The van der Waals surface area contributed by atoms with Crippen LogP contribution in [0.3, 0.4) is 0 Å². The van der Waals surface area contributed by atoms with E-state index in [9.17, 15) is 4.79 Å². The van der Waals surface area contributed by atoms with Gasteiger partial charge in [0, 0.05) is 0 Å². The fourth-order valence-corrected chi connectivity index (χ4v) is 3.23. The molecule has 0 aromatic heterocycles. The van der Waals surface area contributed by atoms with Gasteiger partial charge in [0.15, 0.2) is 0 Å². The van der Waals surface area contributed by atoms with E-state index in [0.29, 0.717) is 0 Å². The summed E-state index contributed by atoms with van der Waals surface area (Å²) in [4.78, 5) is 12.2. The first kappa shape index (κ1) is 11.5. The first-order valence-electron chi connectivity index (χ1n) is 6.73. The molecular formula is C16H18O2. The van der Waals surface area contributed by atoms with Crippen LogP contribution in [-0.2, 0) is 9.53 Å². The predicted octanol–water partition coefficient (Wildman–Crippen LogP) is 3.72. The minimum absolute atomic E-state index is 0.138. The zero-order valence-electron chi connectivity index (χ0n) is 10.7. The molecule has 1 aliphatic heterocycles. The van der Waals surface area contributed by atoms with Crippen LogP contribution in [0.15, 0.2) is 35.9 Å². The Balaban J connectivity index is 2.05. The number of hydrogen-bond donors (Lipinski definition) is 0. The van der Waals surface area contributed by atoms with Gasteiger partial charge in [-0.25, -0.2) is 4.79 Å². The molecule has 0 unspecified atom stereocenters. The van der Waals surface area contributed by atoms with Crippen molar-refractivity contribution < 1.29 is 9.53 Å². The maximum atomic E-state index is 12.2. The number of carbonyl (C=O) groups excluding carboxylic acids is 1. The van der Waals surface area contributed by atoms with Gasteiger partial charge in [-0.1, -0.05) is 36.8 Å². The maximum absolute atomic E-state index is 12.2. The van der Waals surface area contributed by atoms with Gasteiger partial charge in [0.05, 0.1) is 5.57 Å². The summed E-state index contributed by atoms with van der Waals surface area (Å²) in [5, 5.41) is 0. The Hall–Kier alpha value is -1.57. The number of ether oxygens (including phenoxy) is 1. The van der Waals surface area contributed by atoms with E-state index >= 15 is 0 Å². The van der Waals surface area contributed by atoms with Gasteiger partial charge in [-0.2, -0.15) is 0 Å². The molecule has 0 saturated heterocycles. The van der Waals surface area contributed by atoms with E-state index in [1.807, 2.05) is 30.3 Å².